The average molecular weight is 282 g/mol. The Labute approximate surface area is 125 Å². The highest BCUT2D eigenvalue weighted by atomic mass is 19.1. The smallest absolute Gasteiger partial charge is 0.141 e. The number of rotatable bonds is 5. The van der Waals surface area contributed by atoms with Crippen LogP contribution in [0.25, 0.3) is 0 Å². The summed E-state index contributed by atoms with van der Waals surface area (Å²) >= 11 is 0. The van der Waals surface area contributed by atoms with Gasteiger partial charge < -0.3 is 5.32 Å². The van der Waals surface area contributed by atoms with E-state index < -0.39 is 5.82 Å². The lowest BCUT2D eigenvalue weighted by atomic mass is 10.0. The summed E-state index contributed by atoms with van der Waals surface area (Å²) in [6.07, 6.45) is 1.08. The normalized spacial score (nSPS) is 10.4. The summed E-state index contributed by atoms with van der Waals surface area (Å²) in [5, 5.41) is 12.0. The fourth-order valence-electron chi connectivity index (χ4n) is 2.19. The zero-order valence-electron chi connectivity index (χ0n) is 12.4. The first-order chi connectivity index (χ1) is 10.1. The van der Waals surface area contributed by atoms with Crippen molar-refractivity contribution in [1.82, 2.24) is 0 Å². The Morgan fingerprint density at radius 1 is 1.10 bits per heavy atom. The minimum atomic E-state index is -0.485. The van der Waals surface area contributed by atoms with Crippen LogP contribution < -0.4 is 5.32 Å². The van der Waals surface area contributed by atoms with E-state index in [0.29, 0.717) is 12.5 Å². The molecule has 2 rings (SSSR count). The van der Waals surface area contributed by atoms with Crippen LogP contribution in [-0.4, -0.2) is 0 Å². The van der Waals surface area contributed by atoms with Gasteiger partial charge in [-0.2, -0.15) is 5.26 Å². The van der Waals surface area contributed by atoms with Gasteiger partial charge in [0.2, 0.25) is 0 Å². The third-order valence-corrected chi connectivity index (χ3v) is 3.25. The summed E-state index contributed by atoms with van der Waals surface area (Å²) in [6.45, 7) is 5.06. The molecule has 0 fully saturated rings. The van der Waals surface area contributed by atoms with Gasteiger partial charge in [-0.25, -0.2) is 4.39 Å². The van der Waals surface area contributed by atoms with Gasteiger partial charge in [-0.15, -0.1) is 0 Å². The minimum absolute atomic E-state index is 0.0623. The van der Waals surface area contributed by atoms with Crippen LogP contribution in [0.4, 0.5) is 10.1 Å². The summed E-state index contributed by atoms with van der Waals surface area (Å²) in [7, 11) is 0. The molecule has 2 aromatic rings. The van der Waals surface area contributed by atoms with Crippen molar-refractivity contribution < 1.29 is 4.39 Å². The van der Waals surface area contributed by atoms with E-state index >= 15 is 0 Å². The molecule has 0 heterocycles. The van der Waals surface area contributed by atoms with Crippen LogP contribution in [0.15, 0.2) is 42.5 Å². The van der Waals surface area contributed by atoms with E-state index in [-0.39, 0.29) is 5.56 Å². The molecule has 2 aromatic carbocycles. The Kier molecular flexibility index (Phi) is 4.94. The molecule has 0 aliphatic heterocycles. The van der Waals surface area contributed by atoms with Crippen LogP contribution in [0, 0.1) is 23.1 Å². The van der Waals surface area contributed by atoms with E-state index in [1.807, 2.05) is 6.07 Å². The van der Waals surface area contributed by atoms with E-state index in [1.54, 1.807) is 6.07 Å². The van der Waals surface area contributed by atoms with Crippen molar-refractivity contribution in [3.63, 3.8) is 0 Å². The molecule has 21 heavy (non-hydrogen) atoms. The summed E-state index contributed by atoms with van der Waals surface area (Å²) in [4.78, 5) is 0. The summed E-state index contributed by atoms with van der Waals surface area (Å²) in [5.41, 5.74) is 3.30. The highest BCUT2D eigenvalue weighted by molar-refractivity contribution is 5.50. The molecule has 0 atom stereocenters. The zero-order valence-corrected chi connectivity index (χ0v) is 12.4. The second-order valence-corrected chi connectivity index (χ2v) is 5.57. The largest absolute Gasteiger partial charge is 0.381 e. The lowest BCUT2D eigenvalue weighted by Crippen LogP contribution is -2.01. The number of nitriles is 1. The van der Waals surface area contributed by atoms with Gasteiger partial charge in [-0.1, -0.05) is 38.1 Å². The van der Waals surface area contributed by atoms with Gasteiger partial charge in [-0.05, 0) is 41.7 Å². The van der Waals surface area contributed by atoms with Crippen molar-refractivity contribution in [2.45, 2.75) is 26.8 Å². The Hall–Kier alpha value is -2.34. The lowest BCUT2D eigenvalue weighted by molar-refractivity contribution is 0.624. The Bertz CT molecular complexity index is 639. The molecular weight excluding hydrogens is 263 g/mol. The van der Waals surface area contributed by atoms with Crippen LogP contribution in [0.1, 0.15) is 30.5 Å². The van der Waals surface area contributed by atoms with Gasteiger partial charge in [0, 0.05) is 12.2 Å². The predicted octanol–water partition coefficient (Wildman–Crippen LogP) is 4.51. The molecule has 0 aliphatic carbocycles. The Balaban J connectivity index is 1.98. The molecule has 0 amide bonds. The number of benzene rings is 2. The highest BCUT2D eigenvalue weighted by Gasteiger charge is 2.03. The van der Waals surface area contributed by atoms with Crippen LogP contribution in [0.5, 0.6) is 0 Å². The molecule has 0 unspecified atom stereocenters. The molecule has 2 nitrogen and oxygen atoms in total. The van der Waals surface area contributed by atoms with Gasteiger partial charge in [0.05, 0.1) is 5.56 Å². The number of anilines is 1. The first-order valence-corrected chi connectivity index (χ1v) is 7.10. The fraction of sp³-hybridized carbons (Fsp3) is 0.278. The molecule has 0 bridgehead atoms. The van der Waals surface area contributed by atoms with Crippen molar-refractivity contribution in [3.8, 4) is 6.07 Å². The molecule has 0 spiro atoms. The van der Waals surface area contributed by atoms with E-state index in [1.165, 1.54) is 17.7 Å². The Morgan fingerprint density at radius 2 is 1.76 bits per heavy atom. The summed E-state index contributed by atoms with van der Waals surface area (Å²) in [5.74, 6) is 0.165. The first-order valence-electron chi connectivity index (χ1n) is 7.10. The predicted molar refractivity (Wildman–Crippen MR) is 83.4 cm³/mol. The second-order valence-electron chi connectivity index (χ2n) is 5.57. The third-order valence-electron chi connectivity index (χ3n) is 3.25. The van der Waals surface area contributed by atoms with Crippen molar-refractivity contribution in [1.29, 1.82) is 5.26 Å². The maximum absolute atomic E-state index is 13.2. The molecule has 0 saturated carbocycles. The van der Waals surface area contributed by atoms with E-state index in [9.17, 15) is 4.39 Å². The zero-order chi connectivity index (χ0) is 15.2. The SMILES string of the molecule is CC(C)Cc1ccc(CNc2ccc(F)c(C#N)c2)cc1. The van der Waals surface area contributed by atoms with Crippen molar-refractivity contribution >= 4 is 5.69 Å². The van der Waals surface area contributed by atoms with Gasteiger partial charge in [0.15, 0.2) is 0 Å². The van der Waals surface area contributed by atoms with Crippen LogP contribution in [-0.2, 0) is 13.0 Å². The van der Waals surface area contributed by atoms with E-state index in [0.717, 1.165) is 17.7 Å². The molecule has 108 valence electrons. The van der Waals surface area contributed by atoms with Crippen LogP contribution in [0.3, 0.4) is 0 Å². The standard InChI is InChI=1S/C18H19FN2/c1-13(2)9-14-3-5-15(6-4-14)12-21-17-7-8-18(19)16(10-17)11-20/h3-8,10,13,21H,9,12H2,1-2H3. The maximum atomic E-state index is 13.2. The molecular formula is C18H19FN2. The van der Waals surface area contributed by atoms with Crippen molar-refractivity contribution in [3.05, 3.63) is 65.0 Å². The van der Waals surface area contributed by atoms with Crippen LogP contribution >= 0.6 is 0 Å². The number of nitrogens with zero attached hydrogens (tertiary/aromatic N) is 1. The van der Waals surface area contributed by atoms with E-state index in [2.05, 4.69) is 43.4 Å². The fourth-order valence-corrected chi connectivity index (χ4v) is 2.19. The Morgan fingerprint density at radius 3 is 2.38 bits per heavy atom. The monoisotopic (exact) mass is 282 g/mol. The van der Waals surface area contributed by atoms with Gasteiger partial charge in [0.1, 0.15) is 11.9 Å². The highest BCUT2D eigenvalue weighted by Crippen LogP contribution is 2.16. The van der Waals surface area contributed by atoms with Crippen LogP contribution in [0.2, 0.25) is 0 Å². The quantitative estimate of drug-likeness (QED) is 0.876. The molecule has 1 N–H and O–H groups in total. The van der Waals surface area contributed by atoms with Gasteiger partial charge >= 0.3 is 0 Å². The lowest BCUT2D eigenvalue weighted by Gasteiger charge is -2.09. The summed E-state index contributed by atoms with van der Waals surface area (Å²) in [6, 6.07) is 14.8. The molecule has 0 aliphatic rings. The molecule has 0 radical (unpaired) electrons. The summed E-state index contributed by atoms with van der Waals surface area (Å²) < 4.78 is 13.2. The second kappa shape index (κ2) is 6.90. The van der Waals surface area contributed by atoms with Gasteiger partial charge in [-0.3, -0.25) is 0 Å². The maximum Gasteiger partial charge on any atom is 0.141 e. The molecule has 0 aromatic heterocycles. The number of halogens is 1. The minimum Gasteiger partial charge on any atom is -0.381 e. The van der Waals surface area contributed by atoms with Gasteiger partial charge in [0.25, 0.3) is 0 Å². The third kappa shape index (κ3) is 4.32. The van der Waals surface area contributed by atoms with Crippen molar-refractivity contribution in [2.24, 2.45) is 5.92 Å². The van der Waals surface area contributed by atoms with E-state index in [4.69, 9.17) is 5.26 Å². The number of nitrogens with one attached hydrogen (secondary N) is 1. The molecule has 0 saturated heterocycles. The number of hydrogen-bond donors (Lipinski definition) is 1. The molecule has 3 heteroatoms. The topological polar surface area (TPSA) is 35.8 Å². The number of hydrogen-bond acceptors (Lipinski definition) is 2. The average Bonchev–Trinajstić information content (AvgIpc) is 2.47. The van der Waals surface area contributed by atoms with Crippen molar-refractivity contribution in [2.75, 3.05) is 5.32 Å². The first kappa shape index (κ1) is 15.1.